The Morgan fingerprint density at radius 3 is 2.74 bits per heavy atom. The molecule has 0 spiro atoms. The molecule has 2 N–H and O–H groups in total. The zero-order valence-corrected chi connectivity index (χ0v) is 11.1. The lowest BCUT2D eigenvalue weighted by Gasteiger charge is -2.23. The van der Waals surface area contributed by atoms with Gasteiger partial charge in [0.2, 0.25) is 11.8 Å². The molecule has 0 unspecified atom stereocenters. The SMILES string of the molecule is CNC(=O)[C@@H]1CCCN1C(=O)CNc1ccccc1. The number of rotatable bonds is 4. The number of para-hydroxylation sites is 1. The maximum absolute atomic E-state index is 12.1. The molecule has 1 atom stereocenters. The molecule has 1 aromatic rings. The smallest absolute Gasteiger partial charge is 0.242 e. The molecule has 0 saturated carbocycles. The van der Waals surface area contributed by atoms with Crippen molar-refractivity contribution in [3.05, 3.63) is 30.3 Å². The number of hydrogen-bond acceptors (Lipinski definition) is 3. The molecular weight excluding hydrogens is 242 g/mol. The Bertz CT molecular complexity index is 447. The number of nitrogens with one attached hydrogen (secondary N) is 2. The van der Waals surface area contributed by atoms with Crippen molar-refractivity contribution in [2.45, 2.75) is 18.9 Å². The zero-order chi connectivity index (χ0) is 13.7. The Balaban J connectivity index is 1.90. The molecule has 1 heterocycles. The summed E-state index contributed by atoms with van der Waals surface area (Å²) in [4.78, 5) is 25.5. The van der Waals surface area contributed by atoms with Gasteiger partial charge < -0.3 is 15.5 Å². The summed E-state index contributed by atoms with van der Waals surface area (Å²) in [7, 11) is 1.60. The molecule has 2 rings (SSSR count). The van der Waals surface area contributed by atoms with Crippen LogP contribution in [0.4, 0.5) is 5.69 Å². The van der Waals surface area contributed by atoms with Crippen LogP contribution in [0.2, 0.25) is 0 Å². The van der Waals surface area contributed by atoms with E-state index in [0.29, 0.717) is 6.54 Å². The Labute approximate surface area is 113 Å². The molecule has 0 aromatic heterocycles. The second kappa shape index (κ2) is 6.22. The highest BCUT2D eigenvalue weighted by Crippen LogP contribution is 2.17. The van der Waals surface area contributed by atoms with Crippen molar-refractivity contribution in [1.82, 2.24) is 10.2 Å². The standard InChI is InChI=1S/C14H19N3O2/c1-15-14(19)12-8-5-9-17(12)13(18)10-16-11-6-3-2-4-7-11/h2-4,6-7,12,16H,5,8-10H2,1H3,(H,15,19)/t12-/m0/s1. The quantitative estimate of drug-likeness (QED) is 0.844. The van der Waals surface area contributed by atoms with Crippen LogP contribution in [-0.2, 0) is 9.59 Å². The second-order valence-corrected chi connectivity index (χ2v) is 4.58. The van der Waals surface area contributed by atoms with Gasteiger partial charge >= 0.3 is 0 Å². The van der Waals surface area contributed by atoms with Crippen molar-refractivity contribution in [2.75, 3.05) is 25.5 Å². The number of hydrogen-bond donors (Lipinski definition) is 2. The first-order valence-corrected chi connectivity index (χ1v) is 6.52. The predicted octanol–water partition coefficient (Wildman–Crippen LogP) is 0.835. The van der Waals surface area contributed by atoms with Crippen molar-refractivity contribution in [1.29, 1.82) is 0 Å². The average molecular weight is 261 g/mol. The molecule has 102 valence electrons. The Morgan fingerprint density at radius 1 is 1.32 bits per heavy atom. The van der Waals surface area contributed by atoms with E-state index >= 15 is 0 Å². The van der Waals surface area contributed by atoms with Crippen LogP contribution >= 0.6 is 0 Å². The van der Waals surface area contributed by atoms with E-state index in [0.717, 1.165) is 18.5 Å². The van der Waals surface area contributed by atoms with E-state index in [1.54, 1.807) is 11.9 Å². The van der Waals surface area contributed by atoms with Gasteiger partial charge in [-0.25, -0.2) is 0 Å². The highest BCUT2D eigenvalue weighted by Gasteiger charge is 2.32. The normalized spacial score (nSPS) is 18.2. The lowest BCUT2D eigenvalue weighted by molar-refractivity contribution is -0.136. The third-order valence-corrected chi connectivity index (χ3v) is 3.34. The maximum atomic E-state index is 12.1. The minimum Gasteiger partial charge on any atom is -0.376 e. The van der Waals surface area contributed by atoms with E-state index < -0.39 is 0 Å². The number of likely N-dealkylation sites (tertiary alicyclic amines) is 1. The Hall–Kier alpha value is -2.04. The lowest BCUT2D eigenvalue weighted by Crippen LogP contribution is -2.46. The molecule has 1 aromatic carbocycles. The van der Waals surface area contributed by atoms with Crippen LogP contribution in [0.1, 0.15) is 12.8 Å². The Morgan fingerprint density at radius 2 is 2.05 bits per heavy atom. The van der Waals surface area contributed by atoms with Gasteiger partial charge in [0.25, 0.3) is 0 Å². The minimum atomic E-state index is -0.310. The van der Waals surface area contributed by atoms with Crippen LogP contribution in [0.25, 0.3) is 0 Å². The number of carbonyl (C=O) groups is 2. The lowest BCUT2D eigenvalue weighted by atomic mass is 10.2. The van der Waals surface area contributed by atoms with E-state index in [4.69, 9.17) is 0 Å². The van der Waals surface area contributed by atoms with Crippen LogP contribution in [0.3, 0.4) is 0 Å². The highest BCUT2D eigenvalue weighted by atomic mass is 16.2. The number of likely N-dealkylation sites (N-methyl/N-ethyl adjacent to an activating group) is 1. The van der Waals surface area contributed by atoms with Crippen LogP contribution in [0, 0.1) is 0 Å². The van der Waals surface area contributed by atoms with Crippen molar-refractivity contribution >= 4 is 17.5 Å². The van der Waals surface area contributed by atoms with E-state index in [1.807, 2.05) is 30.3 Å². The van der Waals surface area contributed by atoms with Gasteiger partial charge in [-0.15, -0.1) is 0 Å². The summed E-state index contributed by atoms with van der Waals surface area (Å²) in [6, 6.07) is 9.26. The molecule has 19 heavy (non-hydrogen) atoms. The molecule has 0 aliphatic carbocycles. The summed E-state index contributed by atoms with van der Waals surface area (Å²) in [5, 5.41) is 5.69. The average Bonchev–Trinajstić information content (AvgIpc) is 2.94. The molecule has 0 radical (unpaired) electrons. The summed E-state index contributed by atoms with van der Waals surface area (Å²) in [6.07, 6.45) is 1.63. The van der Waals surface area contributed by atoms with Gasteiger partial charge in [-0.1, -0.05) is 18.2 Å². The molecule has 1 aliphatic rings. The molecule has 1 aliphatic heterocycles. The number of amides is 2. The maximum Gasteiger partial charge on any atom is 0.242 e. The number of nitrogens with zero attached hydrogens (tertiary/aromatic N) is 1. The largest absolute Gasteiger partial charge is 0.376 e. The fourth-order valence-corrected chi connectivity index (χ4v) is 2.34. The topological polar surface area (TPSA) is 61.4 Å². The first-order chi connectivity index (χ1) is 9.22. The molecule has 1 saturated heterocycles. The van der Waals surface area contributed by atoms with E-state index in [9.17, 15) is 9.59 Å². The van der Waals surface area contributed by atoms with E-state index in [2.05, 4.69) is 10.6 Å². The van der Waals surface area contributed by atoms with E-state index in [-0.39, 0.29) is 24.4 Å². The third-order valence-electron chi connectivity index (χ3n) is 3.34. The summed E-state index contributed by atoms with van der Waals surface area (Å²) >= 11 is 0. The van der Waals surface area contributed by atoms with Crippen LogP contribution in [0.15, 0.2) is 30.3 Å². The van der Waals surface area contributed by atoms with Crippen molar-refractivity contribution < 1.29 is 9.59 Å². The molecule has 5 nitrogen and oxygen atoms in total. The first kappa shape index (κ1) is 13.4. The molecule has 1 fully saturated rings. The van der Waals surface area contributed by atoms with Gasteiger partial charge in [0.1, 0.15) is 6.04 Å². The van der Waals surface area contributed by atoms with Crippen molar-refractivity contribution in [2.24, 2.45) is 0 Å². The molecular formula is C14H19N3O2. The highest BCUT2D eigenvalue weighted by molar-refractivity contribution is 5.89. The van der Waals surface area contributed by atoms with Gasteiger partial charge in [0.05, 0.1) is 6.54 Å². The molecule has 0 bridgehead atoms. The van der Waals surface area contributed by atoms with Crippen molar-refractivity contribution in [3.8, 4) is 0 Å². The number of anilines is 1. The predicted molar refractivity (Wildman–Crippen MR) is 73.7 cm³/mol. The fraction of sp³-hybridized carbons (Fsp3) is 0.429. The van der Waals surface area contributed by atoms with Gasteiger partial charge in [-0.05, 0) is 25.0 Å². The van der Waals surface area contributed by atoms with Gasteiger partial charge in [0.15, 0.2) is 0 Å². The molecule has 2 amide bonds. The van der Waals surface area contributed by atoms with Crippen LogP contribution in [0.5, 0.6) is 0 Å². The first-order valence-electron chi connectivity index (χ1n) is 6.52. The summed E-state index contributed by atoms with van der Waals surface area (Å²) in [5.74, 6) is -0.111. The fourth-order valence-electron chi connectivity index (χ4n) is 2.34. The summed E-state index contributed by atoms with van der Waals surface area (Å²) < 4.78 is 0. The van der Waals surface area contributed by atoms with E-state index in [1.165, 1.54) is 0 Å². The third kappa shape index (κ3) is 3.24. The second-order valence-electron chi connectivity index (χ2n) is 4.58. The summed E-state index contributed by atoms with van der Waals surface area (Å²) in [6.45, 7) is 0.880. The minimum absolute atomic E-state index is 0.0325. The molecule has 5 heteroatoms. The Kier molecular flexibility index (Phi) is 4.39. The van der Waals surface area contributed by atoms with Gasteiger partial charge in [-0.3, -0.25) is 9.59 Å². The van der Waals surface area contributed by atoms with Crippen LogP contribution in [-0.4, -0.2) is 42.9 Å². The summed E-state index contributed by atoms with van der Waals surface area (Å²) in [5.41, 5.74) is 0.909. The van der Waals surface area contributed by atoms with Gasteiger partial charge in [0, 0.05) is 19.3 Å². The van der Waals surface area contributed by atoms with Crippen molar-refractivity contribution in [3.63, 3.8) is 0 Å². The van der Waals surface area contributed by atoms with Crippen LogP contribution < -0.4 is 10.6 Å². The number of carbonyl (C=O) groups excluding carboxylic acids is 2. The van der Waals surface area contributed by atoms with Gasteiger partial charge in [-0.2, -0.15) is 0 Å². The number of benzene rings is 1. The monoisotopic (exact) mass is 261 g/mol. The zero-order valence-electron chi connectivity index (χ0n) is 11.1.